The van der Waals surface area contributed by atoms with E-state index in [0.717, 1.165) is 0 Å². The zero-order valence-electron chi connectivity index (χ0n) is 11.8. The average Bonchev–Trinajstić information content (AvgIpc) is 2.83. The molecule has 1 amide bonds. The molecular formula is C13H19NO5. The molecule has 1 unspecified atom stereocenters. The van der Waals surface area contributed by atoms with Gasteiger partial charge in [0.15, 0.2) is 6.04 Å². The zero-order valence-corrected chi connectivity index (χ0v) is 11.8. The zero-order chi connectivity index (χ0) is 14.6. The minimum Gasteiger partial charge on any atom is -0.467 e. The van der Waals surface area contributed by atoms with Gasteiger partial charge in [-0.05, 0) is 12.1 Å². The fourth-order valence-corrected chi connectivity index (χ4v) is 1.45. The van der Waals surface area contributed by atoms with Crippen molar-refractivity contribution in [2.75, 3.05) is 14.2 Å². The third-order valence-corrected chi connectivity index (χ3v) is 2.53. The molecule has 106 valence electrons. The van der Waals surface area contributed by atoms with Crippen molar-refractivity contribution in [1.82, 2.24) is 5.32 Å². The number of hydrogen-bond acceptors (Lipinski definition) is 5. The fourth-order valence-electron chi connectivity index (χ4n) is 1.45. The van der Waals surface area contributed by atoms with Gasteiger partial charge < -0.3 is 19.2 Å². The van der Waals surface area contributed by atoms with E-state index in [1.54, 1.807) is 12.1 Å². The molecule has 0 radical (unpaired) electrons. The molecule has 1 rings (SSSR count). The number of methoxy groups -OCH3 is 2. The van der Waals surface area contributed by atoms with Gasteiger partial charge in [-0.1, -0.05) is 20.8 Å². The number of hydrogen-bond donors (Lipinski definition) is 1. The molecule has 6 heteroatoms. The molecule has 0 fully saturated rings. The summed E-state index contributed by atoms with van der Waals surface area (Å²) in [5.74, 6) is 0.394. The summed E-state index contributed by atoms with van der Waals surface area (Å²) >= 11 is 0. The Labute approximate surface area is 112 Å². The minimum absolute atomic E-state index is 0.190. The fraction of sp³-hybridized carbons (Fsp3) is 0.538. The van der Waals surface area contributed by atoms with Gasteiger partial charge in [0.05, 0.1) is 14.2 Å². The van der Waals surface area contributed by atoms with Crippen LogP contribution in [0.3, 0.4) is 0 Å². The van der Waals surface area contributed by atoms with E-state index in [1.165, 1.54) is 14.2 Å². The van der Waals surface area contributed by atoms with E-state index in [1.807, 2.05) is 20.8 Å². The Morgan fingerprint density at radius 3 is 2.26 bits per heavy atom. The second-order valence-corrected chi connectivity index (χ2v) is 5.04. The summed E-state index contributed by atoms with van der Waals surface area (Å²) in [6.45, 7) is 5.95. The largest absolute Gasteiger partial charge is 0.467 e. The highest BCUT2D eigenvalue weighted by Gasteiger charge is 2.29. The molecule has 0 bridgehead atoms. The Bertz CT molecular complexity index is 458. The maximum atomic E-state index is 11.7. The topological polar surface area (TPSA) is 77.8 Å². The molecule has 1 aromatic rings. The lowest BCUT2D eigenvalue weighted by molar-refractivity contribution is -0.143. The number of ether oxygens (including phenoxy) is 2. The summed E-state index contributed by atoms with van der Waals surface area (Å²) in [5.41, 5.74) is -0.190. The van der Waals surface area contributed by atoms with Gasteiger partial charge in [-0.25, -0.2) is 9.59 Å². The van der Waals surface area contributed by atoms with Crippen molar-refractivity contribution in [2.24, 2.45) is 0 Å². The molecule has 0 saturated carbocycles. The Balaban J connectivity index is 3.01. The van der Waals surface area contributed by atoms with Crippen LogP contribution in [0.1, 0.15) is 38.3 Å². The van der Waals surface area contributed by atoms with Crippen LogP contribution < -0.4 is 5.32 Å². The Morgan fingerprint density at radius 1 is 1.21 bits per heavy atom. The van der Waals surface area contributed by atoms with Crippen molar-refractivity contribution in [1.29, 1.82) is 0 Å². The molecule has 0 aliphatic rings. The van der Waals surface area contributed by atoms with Gasteiger partial charge in [-0.3, -0.25) is 0 Å². The summed E-state index contributed by atoms with van der Waals surface area (Å²) in [7, 11) is 2.45. The summed E-state index contributed by atoms with van der Waals surface area (Å²) in [6, 6.07) is 2.39. The van der Waals surface area contributed by atoms with Crippen LogP contribution in [0.2, 0.25) is 0 Å². The van der Waals surface area contributed by atoms with Gasteiger partial charge in [0, 0.05) is 5.41 Å². The van der Waals surface area contributed by atoms with Crippen LogP contribution in [0.15, 0.2) is 16.5 Å². The Hall–Kier alpha value is -1.98. The van der Waals surface area contributed by atoms with Crippen molar-refractivity contribution >= 4 is 12.1 Å². The first-order valence-corrected chi connectivity index (χ1v) is 5.82. The lowest BCUT2D eigenvalue weighted by atomic mass is 9.94. The summed E-state index contributed by atoms with van der Waals surface area (Å²) in [5, 5.41) is 2.37. The maximum absolute atomic E-state index is 11.7. The van der Waals surface area contributed by atoms with E-state index < -0.39 is 18.1 Å². The van der Waals surface area contributed by atoms with Crippen LogP contribution >= 0.6 is 0 Å². The second kappa shape index (κ2) is 5.77. The van der Waals surface area contributed by atoms with Crippen molar-refractivity contribution in [3.05, 3.63) is 23.7 Å². The number of furan rings is 1. The lowest BCUT2D eigenvalue weighted by Gasteiger charge is -2.16. The number of alkyl carbamates (subject to hydrolysis) is 1. The van der Waals surface area contributed by atoms with Gasteiger partial charge in [-0.2, -0.15) is 0 Å². The SMILES string of the molecule is COC(=O)NC(C(=O)OC)c1ccc(C(C)(C)C)o1. The number of rotatable bonds is 3. The van der Waals surface area contributed by atoms with Crippen LogP contribution in [0.4, 0.5) is 4.79 Å². The van der Waals surface area contributed by atoms with Crippen LogP contribution in [0, 0.1) is 0 Å². The first-order chi connectivity index (χ1) is 8.79. The van der Waals surface area contributed by atoms with E-state index in [-0.39, 0.29) is 5.41 Å². The third-order valence-electron chi connectivity index (χ3n) is 2.53. The van der Waals surface area contributed by atoms with Crippen molar-refractivity contribution in [3.8, 4) is 0 Å². The Morgan fingerprint density at radius 2 is 1.84 bits per heavy atom. The average molecular weight is 269 g/mol. The van der Waals surface area contributed by atoms with Crippen molar-refractivity contribution in [2.45, 2.75) is 32.2 Å². The molecule has 1 heterocycles. The highest BCUT2D eigenvalue weighted by atomic mass is 16.5. The highest BCUT2D eigenvalue weighted by molar-refractivity contribution is 5.81. The minimum atomic E-state index is -1.02. The van der Waals surface area contributed by atoms with E-state index in [4.69, 9.17) is 4.42 Å². The van der Waals surface area contributed by atoms with E-state index >= 15 is 0 Å². The molecule has 0 aliphatic carbocycles. The highest BCUT2D eigenvalue weighted by Crippen LogP contribution is 2.27. The molecule has 1 N–H and O–H groups in total. The molecule has 0 spiro atoms. The number of carbonyl (C=O) groups is 2. The standard InChI is InChI=1S/C13H19NO5/c1-13(2,3)9-7-6-8(19-9)10(11(15)17-4)14-12(16)18-5/h6-7,10H,1-5H3,(H,14,16). The monoisotopic (exact) mass is 269 g/mol. The van der Waals surface area contributed by atoms with Gasteiger partial charge in [0.1, 0.15) is 11.5 Å². The normalized spacial score (nSPS) is 12.7. The van der Waals surface area contributed by atoms with Gasteiger partial charge in [-0.15, -0.1) is 0 Å². The van der Waals surface area contributed by atoms with Crippen molar-refractivity contribution in [3.63, 3.8) is 0 Å². The second-order valence-electron chi connectivity index (χ2n) is 5.04. The maximum Gasteiger partial charge on any atom is 0.407 e. The predicted octanol–water partition coefficient (Wildman–Crippen LogP) is 2.15. The van der Waals surface area contributed by atoms with Crippen molar-refractivity contribution < 1.29 is 23.5 Å². The molecular weight excluding hydrogens is 250 g/mol. The predicted molar refractivity (Wildman–Crippen MR) is 67.7 cm³/mol. The number of esters is 1. The van der Waals surface area contributed by atoms with Gasteiger partial charge >= 0.3 is 12.1 Å². The van der Waals surface area contributed by atoms with E-state index in [0.29, 0.717) is 11.5 Å². The van der Waals surface area contributed by atoms with Crippen LogP contribution in [0.25, 0.3) is 0 Å². The number of amides is 1. The van der Waals surface area contributed by atoms with E-state index in [2.05, 4.69) is 14.8 Å². The summed E-state index contributed by atoms with van der Waals surface area (Å²) in [6.07, 6.45) is -0.732. The molecule has 0 aromatic carbocycles. The number of nitrogens with one attached hydrogen (secondary N) is 1. The van der Waals surface area contributed by atoms with Gasteiger partial charge in [0.2, 0.25) is 0 Å². The molecule has 1 atom stereocenters. The third kappa shape index (κ3) is 3.74. The molecule has 19 heavy (non-hydrogen) atoms. The Kier molecular flexibility index (Phi) is 4.58. The van der Waals surface area contributed by atoms with E-state index in [9.17, 15) is 9.59 Å². The first-order valence-electron chi connectivity index (χ1n) is 5.82. The molecule has 0 saturated heterocycles. The molecule has 0 aliphatic heterocycles. The molecule has 1 aromatic heterocycles. The quantitative estimate of drug-likeness (QED) is 0.851. The van der Waals surface area contributed by atoms with Crippen LogP contribution in [-0.4, -0.2) is 26.3 Å². The first kappa shape index (κ1) is 15.1. The van der Waals surface area contributed by atoms with Crippen LogP contribution in [-0.2, 0) is 19.7 Å². The summed E-state index contributed by atoms with van der Waals surface area (Å²) < 4.78 is 14.7. The summed E-state index contributed by atoms with van der Waals surface area (Å²) in [4.78, 5) is 22.9. The molecule has 6 nitrogen and oxygen atoms in total. The lowest BCUT2D eigenvalue weighted by Crippen LogP contribution is -2.34. The van der Waals surface area contributed by atoms with Gasteiger partial charge in [0.25, 0.3) is 0 Å². The smallest absolute Gasteiger partial charge is 0.407 e. The van der Waals surface area contributed by atoms with Crippen LogP contribution in [0.5, 0.6) is 0 Å². The number of carbonyl (C=O) groups excluding carboxylic acids is 2.